The zero-order valence-corrected chi connectivity index (χ0v) is 12.9. The van der Waals surface area contributed by atoms with Crippen molar-refractivity contribution < 1.29 is 14.3 Å². The molecule has 4 heteroatoms. The lowest BCUT2D eigenvalue weighted by atomic mass is 10.1. The molecule has 0 heterocycles. The maximum absolute atomic E-state index is 12.0. The molecule has 1 N–H and O–H groups in total. The van der Waals surface area contributed by atoms with E-state index in [0.29, 0.717) is 36.1 Å². The Hall–Kier alpha value is -1.71. The van der Waals surface area contributed by atoms with E-state index >= 15 is 0 Å². The third-order valence-corrected chi connectivity index (χ3v) is 2.97. The van der Waals surface area contributed by atoms with Crippen LogP contribution in [0.4, 0.5) is 0 Å². The van der Waals surface area contributed by atoms with Crippen molar-refractivity contribution in [2.45, 2.75) is 33.6 Å². The molecule has 1 amide bonds. The van der Waals surface area contributed by atoms with E-state index in [0.717, 1.165) is 12.8 Å². The summed E-state index contributed by atoms with van der Waals surface area (Å²) < 4.78 is 10.7. The van der Waals surface area contributed by atoms with Crippen LogP contribution in [0.1, 0.15) is 44.0 Å². The second kappa shape index (κ2) is 8.46. The molecule has 0 aliphatic rings. The van der Waals surface area contributed by atoms with Gasteiger partial charge < -0.3 is 14.8 Å². The second-order valence-corrected chi connectivity index (χ2v) is 5.09. The van der Waals surface area contributed by atoms with Crippen LogP contribution in [0.3, 0.4) is 0 Å². The van der Waals surface area contributed by atoms with Crippen LogP contribution in [-0.2, 0) is 0 Å². The molecule has 0 unspecified atom stereocenters. The first kappa shape index (κ1) is 16.3. The summed E-state index contributed by atoms with van der Waals surface area (Å²) >= 11 is 0. The van der Waals surface area contributed by atoms with Crippen molar-refractivity contribution in [3.8, 4) is 11.5 Å². The van der Waals surface area contributed by atoms with Crippen LogP contribution in [0.5, 0.6) is 11.5 Å². The maximum Gasteiger partial charge on any atom is 0.251 e. The lowest BCUT2D eigenvalue weighted by molar-refractivity contribution is 0.0952. The second-order valence-electron chi connectivity index (χ2n) is 5.09. The third-order valence-electron chi connectivity index (χ3n) is 2.97. The van der Waals surface area contributed by atoms with Gasteiger partial charge in [-0.1, -0.05) is 13.8 Å². The average molecular weight is 279 g/mol. The Kier molecular flexibility index (Phi) is 6.91. The van der Waals surface area contributed by atoms with Gasteiger partial charge in [0, 0.05) is 12.1 Å². The highest BCUT2D eigenvalue weighted by Crippen LogP contribution is 2.27. The Morgan fingerprint density at radius 2 is 2.05 bits per heavy atom. The summed E-state index contributed by atoms with van der Waals surface area (Å²) in [6.45, 7) is 7.54. The van der Waals surface area contributed by atoms with Gasteiger partial charge in [-0.15, -0.1) is 0 Å². The van der Waals surface area contributed by atoms with E-state index in [1.54, 1.807) is 25.3 Å². The Morgan fingerprint density at radius 3 is 2.65 bits per heavy atom. The van der Waals surface area contributed by atoms with Gasteiger partial charge in [0.1, 0.15) is 0 Å². The number of carbonyl (C=O) groups excluding carboxylic acids is 1. The van der Waals surface area contributed by atoms with Crippen LogP contribution in [0.25, 0.3) is 0 Å². The van der Waals surface area contributed by atoms with Gasteiger partial charge >= 0.3 is 0 Å². The molecule has 1 aromatic rings. The first-order valence-corrected chi connectivity index (χ1v) is 7.17. The van der Waals surface area contributed by atoms with Crippen LogP contribution in [0.15, 0.2) is 18.2 Å². The molecule has 1 rings (SSSR count). The maximum atomic E-state index is 12.0. The zero-order chi connectivity index (χ0) is 15.0. The number of ether oxygens (including phenoxy) is 2. The van der Waals surface area contributed by atoms with Gasteiger partial charge in [0.25, 0.3) is 5.91 Å². The van der Waals surface area contributed by atoms with E-state index in [1.165, 1.54) is 0 Å². The molecule has 0 fully saturated rings. The summed E-state index contributed by atoms with van der Waals surface area (Å²) in [5, 5.41) is 2.92. The van der Waals surface area contributed by atoms with Crippen LogP contribution in [0, 0.1) is 5.92 Å². The van der Waals surface area contributed by atoms with Crippen molar-refractivity contribution in [2.24, 2.45) is 5.92 Å². The molecule has 0 spiro atoms. The lowest BCUT2D eigenvalue weighted by Crippen LogP contribution is -2.24. The van der Waals surface area contributed by atoms with Gasteiger partial charge in [0.15, 0.2) is 11.5 Å². The molecular formula is C16H25NO3. The molecule has 0 aromatic heterocycles. The minimum absolute atomic E-state index is 0.0740. The highest BCUT2D eigenvalue weighted by Gasteiger charge is 2.10. The summed E-state index contributed by atoms with van der Waals surface area (Å²) in [5.41, 5.74) is 0.592. The molecule has 112 valence electrons. The standard InChI is InChI=1S/C16H25NO3/c1-5-20-14-9-8-13(11-15(14)19-4)16(18)17-10-6-7-12(2)3/h8-9,11-12H,5-7,10H2,1-4H3,(H,17,18). The summed E-state index contributed by atoms with van der Waals surface area (Å²) in [6, 6.07) is 5.24. The predicted molar refractivity (Wildman–Crippen MR) is 80.6 cm³/mol. The first-order valence-electron chi connectivity index (χ1n) is 7.17. The van der Waals surface area contributed by atoms with Crippen LogP contribution < -0.4 is 14.8 Å². The minimum atomic E-state index is -0.0740. The Balaban J connectivity index is 2.59. The lowest BCUT2D eigenvalue weighted by Gasteiger charge is -2.11. The molecule has 0 aliphatic heterocycles. The molecule has 0 saturated carbocycles. The normalized spacial score (nSPS) is 10.4. The highest BCUT2D eigenvalue weighted by atomic mass is 16.5. The number of nitrogens with one attached hydrogen (secondary N) is 1. The number of hydrogen-bond acceptors (Lipinski definition) is 3. The van der Waals surface area contributed by atoms with Crippen molar-refractivity contribution in [3.05, 3.63) is 23.8 Å². The average Bonchev–Trinajstić information content (AvgIpc) is 2.43. The third kappa shape index (κ3) is 5.11. The fourth-order valence-corrected chi connectivity index (χ4v) is 1.90. The fraction of sp³-hybridized carbons (Fsp3) is 0.562. The summed E-state index contributed by atoms with van der Waals surface area (Å²) in [6.07, 6.45) is 2.12. The molecule has 0 saturated heterocycles. The Labute approximate surface area is 121 Å². The smallest absolute Gasteiger partial charge is 0.251 e. The molecule has 0 aliphatic carbocycles. The number of methoxy groups -OCH3 is 1. The first-order chi connectivity index (χ1) is 9.58. The molecular weight excluding hydrogens is 254 g/mol. The Morgan fingerprint density at radius 1 is 1.30 bits per heavy atom. The predicted octanol–water partition coefficient (Wildman–Crippen LogP) is 3.26. The summed E-state index contributed by atoms with van der Waals surface area (Å²) in [7, 11) is 1.57. The van der Waals surface area contributed by atoms with E-state index in [4.69, 9.17) is 9.47 Å². The molecule has 0 atom stereocenters. The SMILES string of the molecule is CCOc1ccc(C(=O)NCCCC(C)C)cc1OC. The number of carbonyl (C=O) groups is 1. The van der Waals surface area contributed by atoms with Crippen molar-refractivity contribution >= 4 is 5.91 Å². The fourth-order valence-electron chi connectivity index (χ4n) is 1.90. The summed E-state index contributed by atoms with van der Waals surface area (Å²) in [5.74, 6) is 1.83. The van der Waals surface area contributed by atoms with E-state index < -0.39 is 0 Å². The monoisotopic (exact) mass is 279 g/mol. The number of amides is 1. The van der Waals surface area contributed by atoms with Crippen molar-refractivity contribution in [1.82, 2.24) is 5.32 Å². The van der Waals surface area contributed by atoms with Gasteiger partial charge in [-0.2, -0.15) is 0 Å². The molecule has 4 nitrogen and oxygen atoms in total. The largest absolute Gasteiger partial charge is 0.493 e. The van der Waals surface area contributed by atoms with Gasteiger partial charge in [-0.05, 0) is 43.9 Å². The van der Waals surface area contributed by atoms with Gasteiger partial charge in [-0.25, -0.2) is 0 Å². The van der Waals surface area contributed by atoms with Gasteiger partial charge in [-0.3, -0.25) is 4.79 Å². The molecule has 20 heavy (non-hydrogen) atoms. The van der Waals surface area contributed by atoms with Crippen LogP contribution in [-0.4, -0.2) is 26.2 Å². The molecule has 0 radical (unpaired) electrons. The van der Waals surface area contributed by atoms with Crippen molar-refractivity contribution in [2.75, 3.05) is 20.3 Å². The number of benzene rings is 1. The minimum Gasteiger partial charge on any atom is -0.493 e. The van der Waals surface area contributed by atoms with Crippen molar-refractivity contribution in [3.63, 3.8) is 0 Å². The van der Waals surface area contributed by atoms with Crippen LogP contribution in [0.2, 0.25) is 0 Å². The molecule has 1 aromatic carbocycles. The Bertz CT molecular complexity index is 430. The quantitative estimate of drug-likeness (QED) is 0.743. The van der Waals surface area contributed by atoms with Gasteiger partial charge in [0.05, 0.1) is 13.7 Å². The van der Waals surface area contributed by atoms with E-state index in [2.05, 4.69) is 19.2 Å². The van der Waals surface area contributed by atoms with Gasteiger partial charge in [0.2, 0.25) is 0 Å². The van der Waals surface area contributed by atoms with E-state index in [9.17, 15) is 4.79 Å². The van der Waals surface area contributed by atoms with Crippen molar-refractivity contribution in [1.29, 1.82) is 0 Å². The number of hydrogen-bond donors (Lipinski definition) is 1. The van der Waals surface area contributed by atoms with Crippen LogP contribution >= 0.6 is 0 Å². The van der Waals surface area contributed by atoms with E-state index in [-0.39, 0.29) is 5.91 Å². The molecule has 0 bridgehead atoms. The van der Waals surface area contributed by atoms with E-state index in [1.807, 2.05) is 6.92 Å². The topological polar surface area (TPSA) is 47.6 Å². The zero-order valence-electron chi connectivity index (χ0n) is 12.9. The summed E-state index contributed by atoms with van der Waals surface area (Å²) in [4.78, 5) is 12.0. The number of rotatable bonds is 8. The highest BCUT2D eigenvalue weighted by molar-refractivity contribution is 5.94.